The zero-order valence-corrected chi connectivity index (χ0v) is 18.6. The van der Waals surface area contributed by atoms with Gasteiger partial charge in [0.2, 0.25) is 0 Å². The average molecular weight is 474 g/mol. The van der Waals surface area contributed by atoms with Crippen molar-refractivity contribution >= 4 is 29.9 Å². The molecular weight excluding hydrogens is 439 g/mol. The number of rotatable bonds is 9. The Morgan fingerprint density at radius 1 is 1.15 bits per heavy atom. The summed E-state index contributed by atoms with van der Waals surface area (Å²) >= 11 is 0. The number of hydrogen-bond donors (Lipinski definition) is 2. The van der Waals surface area contributed by atoms with Gasteiger partial charge in [0.1, 0.15) is 0 Å². The molecule has 2 N–H and O–H groups in total. The normalized spacial score (nSPS) is 16.6. The molecule has 148 valence electrons. The first-order valence-electron chi connectivity index (χ1n) is 9.70. The third-order valence-electron chi connectivity index (χ3n) is 4.63. The lowest BCUT2D eigenvalue weighted by Gasteiger charge is -2.26. The van der Waals surface area contributed by atoms with Gasteiger partial charge in [0.05, 0.1) is 13.2 Å². The minimum absolute atomic E-state index is 0. The van der Waals surface area contributed by atoms with Crippen LogP contribution in [0.3, 0.4) is 0 Å². The van der Waals surface area contributed by atoms with Crippen LogP contribution in [0.4, 0.5) is 0 Å². The monoisotopic (exact) mass is 474 g/mol. The third-order valence-corrected chi connectivity index (χ3v) is 4.63. The molecule has 0 saturated carbocycles. The van der Waals surface area contributed by atoms with Crippen molar-refractivity contribution in [2.45, 2.75) is 32.6 Å². The summed E-state index contributed by atoms with van der Waals surface area (Å²) in [5.74, 6) is 1.41. The van der Waals surface area contributed by atoms with Crippen LogP contribution in [0.25, 0.3) is 0 Å². The van der Waals surface area contributed by atoms with Gasteiger partial charge >= 0.3 is 0 Å². The van der Waals surface area contributed by atoms with Crippen molar-refractivity contribution in [3.8, 4) is 0 Å². The molecule has 0 amide bonds. The summed E-state index contributed by atoms with van der Waals surface area (Å²) < 4.78 is 5.39. The third kappa shape index (κ3) is 8.68. The fraction of sp³-hybridized carbons (Fsp3) is 0.650. The van der Waals surface area contributed by atoms with E-state index in [9.17, 15) is 0 Å². The van der Waals surface area contributed by atoms with Crippen molar-refractivity contribution in [2.24, 2.45) is 4.99 Å². The largest absolute Gasteiger partial charge is 0.379 e. The van der Waals surface area contributed by atoms with Gasteiger partial charge in [-0.1, -0.05) is 37.3 Å². The Labute approximate surface area is 176 Å². The van der Waals surface area contributed by atoms with Crippen LogP contribution in [0.5, 0.6) is 0 Å². The van der Waals surface area contributed by atoms with Crippen LogP contribution in [0, 0.1) is 0 Å². The van der Waals surface area contributed by atoms with Crippen LogP contribution < -0.4 is 10.6 Å². The Morgan fingerprint density at radius 3 is 2.54 bits per heavy atom. The Balaban J connectivity index is 0.00000338. The first-order chi connectivity index (χ1) is 12.3. The molecule has 1 aromatic carbocycles. The number of morpholine rings is 1. The molecule has 0 aliphatic carbocycles. The number of ether oxygens (including phenoxy) is 1. The van der Waals surface area contributed by atoms with Crippen molar-refractivity contribution in [3.63, 3.8) is 0 Å². The lowest BCUT2D eigenvalue weighted by atomic mass is 9.97. The number of aliphatic imine (C=N–C) groups is 1. The molecule has 1 atom stereocenters. The zero-order valence-electron chi connectivity index (χ0n) is 16.2. The van der Waals surface area contributed by atoms with E-state index in [1.165, 1.54) is 5.56 Å². The van der Waals surface area contributed by atoms with Gasteiger partial charge in [-0.25, -0.2) is 0 Å². The molecule has 1 aliphatic heterocycles. The van der Waals surface area contributed by atoms with Crippen molar-refractivity contribution < 1.29 is 4.74 Å². The Morgan fingerprint density at radius 2 is 1.88 bits per heavy atom. The summed E-state index contributed by atoms with van der Waals surface area (Å²) in [7, 11) is 0. The van der Waals surface area contributed by atoms with Gasteiger partial charge in [0, 0.05) is 38.6 Å². The lowest BCUT2D eigenvalue weighted by Crippen LogP contribution is -2.40. The highest BCUT2D eigenvalue weighted by molar-refractivity contribution is 14.0. The molecule has 5 nitrogen and oxygen atoms in total. The van der Waals surface area contributed by atoms with E-state index < -0.39 is 0 Å². The number of nitrogens with zero attached hydrogens (tertiary/aromatic N) is 2. The van der Waals surface area contributed by atoms with Crippen molar-refractivity contribution in [1.82, 2.24) is 15.5 Å². The zero-order chi connectivity index (χ0) is 17.7. The topological polar surface area (TPSA) is 48.9 Å². The molecule has 2 rings (SSSR count). The predicted molar refractivity (Wildman–Crippen MR) is 121 cm³/mol. The maximum absolute atomic E-state index is 5.39. The van der Waals surface area contributed by atoms with Crippen LogP contribution >= 0.6 is 24.0 Å². The second-order valence-electron chi connectivity index (χ2n) is 6.47. The van der Waals surface area contributed by atoms with E-state index in [1.807, 2.05) is 0 Å². The fourth-order valence-corrected chi connectivity index (χ4v) is 3.07. The highest BCUT2D eigenvalue weighted by Crippen LogP contribution is 2.19. The molecule has 0 spiro atoms. The van der Waals surface area contributed by atoms with Crippen molar-refractivity contribution in [2.75, 3.05) is 52.5 Å². The van der Waals surface area contributed by atoms with E-state index in [1.54, 1.807) is 0 Å². The van der Waals surface area contributed by atoms with E-state index in [-0.39, 0.29) is 24.0 Å². The van der Waals surface area contributed by atoms with Gasteiger partial charge in [0.15, 0.2) is 5.96 Å². The molecule has 0 bridgehead atoms. The lowest BCUT2D eigenvalue weighted by molar-refractivity contribution is 0.0376. The molecule has 1 unspecified atom stereocenters. The molecule has 1 aromatic rings. The molecule has 1 aliphatic rings. The summed E-state index contributed by atoms with van der Waals surface area (Å²) in [4.78, 5) is 7.28. The van der Waals surface area contributed by atoms with E-state index in [2.05, 4.69) is 59.7 Å². The standard InChI is InChI=1S/C20H34N4O.HI/c1-3-18(19-9-6-5-7-10-19)17-23-20(21-4-2)22-11-8-12-24-13-15-25-16-14-24;/h5-7,9-10,18H,3-4,8,11-17H2,1-2H3,(H2,21,22,23);1H. The predicted octanol–water partition coefficient (Wildman–Crippen LogP) is 3.08. The van der Waals surface area contributed by atoms with E-state index >= 15 is 0 Å². The van der Waals surface area contributed by atoms with E-state index in [0.717, 1.165) is 71.3 Å². The van der Waals surface area contributed by atoms with Crippen LogP contribution in [0.15, 0.2) is 35.3 Å². The number of hydrogen-bond acceptors (Lipinski definition) is 3. The molecule has 6 heteroatoms. The van der Waals surface area contributed by atoms with Crippen molar-refractivity contribution in [1.29, 1.82) is 0 Å². The number of benzene rings is 1. The maximum atomic E-state index is 5.39. The fourth-order valence-electron chi connectivity index (χ4n) is 3.07. The Hall–Kier alpha value is -0.860. The number of halogens is 1. The second-order valence-corrected chi connectivity index (χ2v) is 6.47. The van der Waals surface area contributed by atoms with Crippen LogP contribution in [0.1, 0.15) is 38.2 Å². The molecule has 1 saturated heterocycles. The van der Waals surface area contributed by atoms with E-state index in [0.29, 0.717) is 5.92 Å². The van der Waals surface area contributed by atoms with Gasteiger partial charge in [-0.3, -0.25) is 9.89 Å². The molecule has 0 radical (unpaired) electrons. The summed E-state index contributed by atoms with van der Waals surface area (Å²) in [6.07, 6.45) is 2.23. The van der Waals surface area contributed by atoms with Crippen LogP contribution in [-0.2, 0) is 4.74 Å². The summed E-state index contributed by atoms with van der Waals surface area (Å²) in [5.41, 5.74) is 1.37. The van der Waals surface area contributed by atoms with E-state index in [4.69, 9.17) is 9.73 Å². The second kappa shape index (κ2) is 14.2. The molecule has 1 heterocycles. The summed E-state index contributed by atoms with van der Waals surface area (Å²) in [6, 6.07) is 10.7. The van der Waals surface area contributed by atoms with Gasteiger partial charge in [-0.05, 0) is 31.9 Å². The Bertz CT molecular complexity index is 492. The summed E-state index contributed by atoms with van der Waals surface area (Å²) in [5, 5.41) is 6.83. The maximum Gasteiger partial charge on any atom is 0.191 e. The van der Waals surface area contributed by atoms with Gasteiger partial charge < -0.3 is 15.4 Å². The first kappa shape index (κ1) is 23.2. The highest BCUT2D eigenvalue weighted by atomic mass is 127. The Kier molecular flexibility index (Phi) is 12.7. The van der Waals surface area contributed by atoms with Crippen LogP contribution in [-0.4, -0.2) is 63.3 Å². The minimum atomic E-state index is 0. The smallest absolute Gasteiger partial charge is 0.191 e. The van der Waals surface area contributed by atoms with Crippen LogP contribution in [0.2, 0.25) is 0 Å². The van der Waals surface area contributed by atoms with Gasteiger partial charge in [-0.15, -0.1) is 24.0 Å². The average Bonchev–Trinajstić information content (AvgIpc) is 2.67. The SMILES string of the molecule is CCNC(=NCC(CC)c1ccccc1)NCCCN1CCOCC1.I. The first-order valence-corrected chi connectivity index (χ1v) is 9.70. The molecule has 0 aromatic heterocycles. The molecule has 1 fully saturated rings. The molecule has 26 heavy (non-hydrogen) atoms. The molecular formula is C20H35IN4O. The number of nitrogens with one attached hydrogen (secondary N) is 2. The van der Waals surface area contributed by atoms with Gasteiger partial charge in [0.25, 0.3) is 0 Å². The minimum Gasteiger partial charge on any atom is -0.379 e. The van der Waals surface area contributed by atoms with Crippen molar-refractivity contribution in [3.05, 3.63) is 35.9 Å². The highest BCUT2D eigenvalue weighted by Gasteiger charge is 2.10. The number of guanidine groups is 1. The quantitative estimate of drug-likeness (QED) is 0.250. The summed E-state index contributed by atoms with van der Waals surface area (Å²) in [6.45, 7) is 12.0. The van der Waals surface area contributed by atoms with Gasteiger partial charge in [-0.2, -0.15) is 0 Å².